The monoisotopic (exact) mass is 448 g/mol. The van der Waals surface area contributed by atoms with Gasteiger partial charge in [0.2, 0.25) is 10.0 Å². The summed E-state index contributed by atoms with van der Waals surface area (Å²) in [4.78, 5) is 12.8. The van der Waals surface area contributed by atoms with E-state index in [1.54, 1.807) is 23.4 Å². The van der Waals surface area contributed by atoms with Crippen LogP contribution in [0.3, 0.4) is 0 Å². The molecule has 1 fully saturated rings. The van der Waals surface area contributed by atoms with E-state index in [0.29, 0.717) is 30.8 Å². The van der Waals surface area contributed by atoms with Crippen molar-refractivity contribution < 1.29 is 13.2 Å². The van der Waals surface area contributed by atoms with Gasteiger partial charge in [0, 0.05) is 30.2 Å². The molecule has 0 saturated carbocycles. The molecule has 30 heavy (non-hydrogen) atoms. The molecule has 0 aliphatic carbocycles. The van der Waals surface area contributed by atoms with Crippen LogP contribution in [0.1, 0.15) is 53.6 Å². The highest BCUT2D eigenvalue weighted by Gasteiger charge is 2.27. The Labute approximate surface area is 184 Å². The van der Waals surface area contributed by atoms with Crippen molar-refractivity contribution in [2.24, 2.45) is 0 Å². The maximum Gasteiger partial charge on any atom is 0.251 e. The molecule has 3 rings (SSSR count). The third-order valence-corrected chi connectivity index (χ3v) is 7.91. The summed E-state index contributed by atoms with van der Waals surface area (Å²) in [5, 5.41) is 3.61. The van der Waals surface area contributed by atoms with Gasteiger partial charge in [0.05, 0.1) is 4.90 Å². The van der Waals surface area contributed by atoms with Gasteiger partial charge in [-0.15, -0.1) is 0 Å². The van der Waals surface area contributed by atoms with Gasteiger partial charge >= 0.3 is 0 Å². The fourth-order valence-electron chi connectivity index (χ4n) is 3.72. The van der Waals surface area contributed by atoms with E-state index < -0.39 is 10.0 Å². The van der Waals surface area contributed by atoms with E-state index in [1.165, 1.54) is 6.07 Å². The number of amides is 1. The first-order valence-corrected chi connectivity index (χ1v) is 12.3. The normalized spacial score (nSPS) is 15.5. The van der Waals surface area contributed by atoms with Crippen molar-refractivity contribution in [3.63, 3.8) is 0 Å². The number of halogens is 1. The molecule has 0 aromatic heterocycles. The third kappa shape index (κ3) is 5.62. The minimum Gasteiger partial charge on any atom is -0.352 e. The Morgan fingerprint density at radius 1 is 1.07 bits per heavy atom. The topological polar surface area (TPSA) is 66.5 Å². The molecule has 0 radical (unpaired) electrons. The first-order valence-electron chi connectivity index (χ1n) is 10.5. The largest absolute Gasteiger partial charge is 0.352 e. The number of rotatable bonds is 7. The van der Waals surface area contributed by atoms with Gasteiger partial charge < -0.3 is 5.32 Å². The molecular weight excluding hydrogens is 420 g/mol. The number of benzene rings is 2. The molecule has 1 saturated heterocycles. The van der Waals surface area contributed by atoms with Crippen LogP contribution >= 0.6 is 11.6 Å². The molecule has 2 aromatic carbocycles. The van der Waals surface area contributed by atoms with Gasteiger partial charge in [-0.3, -0.25) is 4.79 Å². The predicted molar refractivity (Wildman–Crippen MR) is 121 cm³/mol. The van der Waals surface area contributed by atoms with Gasteiger partial charge in [-0.05, 0) is 61.9 Å². The highest BCUT2D eigenvalue weighted by atomic mass is 35.5. The summed E-state index contributed by atoms with van der Waals surface area (Å²) >= 11 is 6.16. The molecule has 162 valence electrons. The summed E-state index contributed by atoms with van der Waals surface area (Å²) in [6, 6.07) is 12.6. The van der Waals surface area contributed by atoms with Gasteiger partial charge in [-0.1, -0.05) is 48.7 Å². The number of hydrogen-bond acceptors (Lipinski definition) is 3. The lowest BCUT2D eigenvalue weighted by Gasteiger charge is -2.21. The van der Waals surface area contributed by atoms with Crippen LogP contribution in [0.2, 0.25) is 5.02 Å². The maximum absolute atomic E-state index is 13.2. The Kier molecular flexibility index (Phi) is 7.92. The number of aryl methyl sites for hydroxylation is 2. The lowest BCUT2D eigenvalue weighted by Crippen LogP contribution is -2.32. The van der Waals surface area contributed by atoms with Crippen LogP contribution in [-0.4, -0.2) is 38.3 Å². The molecule has 0 unspecified atom stereocenters. The number of nitrogens with one attached hydrogen (secondary N) is 1. The van der Waals surface area contributed by atoms with E-state index in [4.69, 9.17) is 11.6 Å². The number of nitrogens with zero attached hydrogens (tertiary/aromatic N) is 1. The molecule has 0 bridgehead atoms. The highest BCUT2D eigenvalue weighted by molar-refractivity contribution is 7.89. The Morgan fingerprint density at radius 2 is 1.77 bits per heavy atom. The molecule has 1 aliphatic rings. The highest BCUT2D eigenvalue weighted by Crippen LogP contribution is 2.24. The van der Waals surface area contributed by atoms with Crippen molar-refractivity contribution in [1.29, 1.82) is 0 Å². The summed E-state index contributed by atoms with van der Waals surface area (Å²) in [5.41, 5.74) is 2.08. The Hall–Kier alpha value is -1.89. The fraction of sp³-hybridized carbons (Fsp3) is 0.435. The summed E-state index contributed by atoms with van der Waals surface area (Å²) in [6.45, 7) is 3.35. The number of sulfonamides is 1. The van der Waals surface area contributed by atoms with E-state index in [2.05, 4.69) is 5.32 Å². The summed E-state index contributed by atoms with van der Waals surface area (Å²) in [6.07, 6.45) is 5.39. The third-order valence-electron chi connectivity index (χ3n) is 5.50. The van der Waals surface area contributed by atoms with Crippen molar-refractivity contribution in [2.45, 2.75) is 50.3 Å². The van der Waals surface area contributed by atoms with Crippen LogP contribution in [0.5, 0.6) is 0 Å². The van der Waals surface area contributed by atoms with Gasteiger partial charge in [0.1, 0.15) is 0 Å². The first kappa shape index (κ1) is 22.8. The standard InChI is InChI=1S/C23H29ClN2O3S/c1-18-12-13-20(17-22(18)30(28,29)26-15-6-2-3-7-16-26)23(27)25-14-8-10-19-9-4-5-11-21(19)24/h4-5,9,11-13,17H,2-3,6-8,10,14-16H2,1H3,(H,25,27). The van der Waals surface area contributed by atoms with Crippen molar-refractivity contribution in [3.05, 3.63) is 64.2 Å². The molecule has 2 aromatic rings. The summed E-state index contributed by atoms with van der Waals surface area (Å²) < 4.78 is 27.9. The minimum absolute atomic E-state index is 0.230. The zero-order valence-corrected chi connectivity index (χ0v) is 18.9. The van der Waals surface area contributed by atoms with Crippen molar-refractivity contribution in [1.82, 2.24) is 9.62 Å². The number of carbonyl (C=O) groups is 1. The van der Waals surface area contributed by atoms with Crippen LogP contribution in [0.4, 0.5) is 0 Å². The molecule has 0 atom stereocenters. The summed E-state index contributed by atoms with van der Waals surface area (Å²) in [7, 11) is -3.60. The van der Waals surface area contributed by atoms with Crippen molar-refractivity contribution >= 4 is 27.5 Å². The predicted octanol–water partition coefficient (Wildman–Crippen LogP) is 4.58. The van der Waals surface area contributed by atoms with E-state index >= 15 is 0 Å². The Morgan fingerprint density at radius 3 is 2.47 bits per heavy atom. The van der Waals surface area contributed by atoms with Gasteiger partial charge in [0.25, 0.3) is 5.91 Å². The van der Waals surface area contributed by atoms with Crippen LogP contribution in [0, 0.1) is 6.92 Å². The average molecular weight is 449 g/mol. The van der Waals surface area contributed by atoms with Gasteiger partial charge in [-0.2, -0.15) is 4.31 Å². The smallest absolute Gasteiger partial charge is 0.251 e. The lowest BCUT2D eigenvalue weighted by molar-refractivity contribution is 0.0953. The molecule has 0 spiro atoms. The molecular formula is C23H29ClN2O3S. The second kappa shape index (κ2) is 10.4. The zero-order valence-electron chi connectivity index (χ0n) is 17.4. The molecule has 1 heterocycles. The molecule has 1 N–H and O–H groups in total. The fourth-order valence-corrected chi connectivity index (χ4v) is 5.72. The average Bonchev–Trinajstić information content (AvgIpc) is 3.02. The Bertz CT molecular complexity index is 984. The minimum atomic E-state index is -3.60. The number of hydrogen-bond donors (Lipinski definition) is 1. The van der Waals surface area contributed by atoms with Gasteiger partial charge in [-0.25, -0.2) is 8.42 Å². The van der Waals surface area contributed by atoms with Crippen LogP contribution in [-0.2, 0) is 16.4 Å². The Balaban J connectivity index is 1.65. The van der Waals surface area contributed by atoms with Crippen LogP contribution in [0.15, 0.2) is 47.4 Å². The second-order valence-corrected chi connectivity index (χ2v) is 10.1. The molecule has 7 heteroatoms. The van der Waals surface area contributed by atoms with Crippen LogP contribution < -0.4 is 5.32 Å². The quantitative estimate of drug-likeness (QED) is 0.630. The van der Waals surface area contributed by atoms with E-state index in [-0.39, 0.29) is 10.8 Å². The van der Waals surface area contributed by atoms with Crippen molar-refractivity contribution in [3.8, 4) is 0 Å². The van der Waals surface area contributed by atoms with E-state index in [0.717, 1.165) is 49.1 Å². The molecule has 1 amide bonds. The first-order chi connectivity index (χ1) is 14.4. The van der Waals surface area contributed by atoms with Crippen LogP contribution in [0.25, 0.3) is 0 Å². The van der Waals surface area contributed by atoms with E-state index in [9.17, 15) is 13.2 Å². The number of carbonyl (C=O) groups excluding carboxylic acids is 1. The van der Waals surface area contributed by atoms with Crippen molar-refractivity contribution in [2.75, 3.05) is 19.6 Å². The van der Waals surface area contributed by atoms with Gasteiger partial charge in [0.15, 0.2) is 0 Å². The summed E-state index contributed by atoms with van der Waals surface area (Å²) in [5.74, 6) is -0.263. The lowest BCUT2D eigenvalue weighted by atomic mass is 10.1. The maximum atomic E-state index is 13.2. The zero-order chi connectivity index (χ0) is 21.6. The SMILES string of the molecule is Cc1ccc(C(=O)NCCCc2ccccc2Cl)cc1S(=O)(=O)N1CCCCCC1. The van der Waals surface area contributed by atoms with E-state index in [1.807, 2.05) is 24.3 Å². The second-order valence-electron chi connectivity index (χ2n) is 7.75. The molecule has 1 aliphatic heterocycles. The molecule has 5 nitrogen and oxygen atoms in total.